The number of hydrogen-bond acceptors (Lipinski definition) is 4. The molecule has 2 aromatic carbocycles. The maximum absolute atomic E-state index is 12.8. The van der Waals surface area contributed by atoms with Gasteiger partial charge in [-0.15, -0.1) is 0 Å². The highest BCUT2D eigenvalue weighted by Crippen LogP contribution is 2.29. The first-order chi connectivity index (χ1) is 14.1. The zero-order valence-corrected chi connectivity index (χ0v) is 17.2. The van der Waals surface area contributed by atoms with Crippen LogP contribution in [0.5, 0.6) is 5.75 Å². The van der Waals surface area contributed by atoms with Gasteiger partial charge >= 0.3 is 0 Å². The number of ether oxygens (including phenoxy) is 1. The second-order valence-corrected chi connectivity index (χ2v) is 7.76. The highest BCUT2D eigenvalue weighted by Gasteiger charge is 2.19. The van der Waals surface area contributed by atoms with Gasteiger partial charge in [0.1, 0.15) is 12.3 Å². The van der Waals surface area contributed by atoms with Crippen LogP contribution in [0.3, 0.4) is 0 Å². The summed E-state index contributed by atoms with van der Waals surface area (Å²) in [6.07, 6.45) is 4.74. The molecule has 0 radical (unpaired) electrons. The lowest BCUT2D eigenvalue weighted by atomic mass is 10.1. The summed E-state index contributed by atoms with van der Waals surface area (Å²) < 4.78 is 8.23. The third-order valence-corrected chi connectivity index (χ3v) is 5.40. The number of anilines is 1. The fraction of sp³-hybridized carbons (Fsp3) is 0.318. The van der Waals surface area contributed by atoms with E-state index in [-0.39, 0.29) is 18.6 Å². The molecule has 0 spiro atoms. The Balaban J connectivity index is 1.51. The number of hydrogen-bond donors (Lipinski definition) is 2. The van der Waals surface area contributed by atoms with Gasteiger partial charge in [0.25, 0.3) is 0 Å². The zero-order valence-electron chi connectivity index (χ0n) is 16.4. The molecule has 1 heterocycles. The van der Waals surface area contributed by atoms with E-state index in [4.69, 9.17) is 17.0 Å². The summed E-state index contributed by atoms with van der Waals surface area (Å²) in [6.45, 7) is 2.08. The zero-order chi connectivity index (χ0) is 20.2. The van der Waals surface area contributed by atoms with Gasteiger partial charge in [-0.25, -0.2) is 0 Å². The summed E-state index contributed by atoms with van der Waals surface area (Å²) in [7, 11) is 0. The maximum atomic E-state index is 12.8. The lowest BCUT2D eigenvalue weighted by molar-refractivity contribution is -0.116. The molecule has 1 aliphatic rings. The molecule has 6 nitrogen and oxygen atoms in total. The number of carbonyl (C=O) groups is 1. The van der Waals surface area contributed by atoms with Gasteiger partial charge in [-0.3, -0.25) is 14.5 Å². The molecule has 2 N–H and O–H groups in total. The third kappa shape index (κ3) is 4.56. The second-order valence-electron chi connectivity index (χ2n) is 7.38. The van der Waals surface area contributed by atoms with Crippen LogP contribution in [0.15, 0.2) is 48.5 Å². The first kappa shape index (κ1) is 19.4. The molecule has 4 rings (SSSR count). The summed E-state index contributed by atoms with van der Waals surface area (Å²) in [4.78, 5) is 12.8. The summed E-state index contributed by atoms with van der Waals surface area (Å²) in [5.74, 6) is 1.17. The SMILES string of the molecule is Cc1cccc(-c2n[nH]c(=S)n2CC(=O)Nc2ccccc2OC2CCCC2)c1. The van der Waals surface area contributed by atoms with Crippen LogP contribution in [0.25, 0.3) is 11.4 Å². The minimum absolute atomic E-state index is 0.0658. The standard InChI is InChI=1S/C22H24N4O2S/c1-15-7-6-8-16(13-15)21-24-25-22(29)26(21)14-20(27)23-18-11-4-5-12-19(18)28-17-9-2-3-10-17/h4-8,11-13,17H,2-3,9-10,14H2,1H3,(H,23,27)(H,25,29). The van der Waals surface area contributed by atoms with E-state index in [2.05, 4.69) is 15.5 Å². The van der Waals surface area contributed by atoms with Crippen molar-refractivity contribution in [2.45, 2.75) is 45.3 Å². The number of aromatic amines is 1. The number of amides is 1. The summed E-state index contributed by atoms with van der Waals surface area (Å²) in [5.41, 5.74) is 2.71. The first-order valence-electron chi connectivity index (χ1n) is 9.88. The van der Waals surface area contributed by atoms with E-state index in [9.17, 15) is 4.79 Å². The number of nitrogens with zero attached hydrogens (tertiary/aromatic N) is 2. The van der Waals surface area contributed by atoms with Gasteiger partial charge in [-0.05, 0) is 63.0 Å². The van der Waals surface area contributed by atoms with Gasteiger partial charge in [-0.2, -0.15) is 5.10 Å². The van der Waals surface area contributed by atoms with Crippen LogP contribution in [0.2, 0.25) is 0 Å². The molecular weight excluding hydrogens is 384 g/mol. The molecule has 1 aliphatic carbocycles. The van der Waals surface area contributed by atoms with Crippen molar-refractivity contribution in [3.05, 3.63) is 58.9 Å². The van der Waals surface area contributed by atoms with Crippen molar-refractivity contribution >= 4 is 23.8 Å². The Morgan fingerprint density at radius 2 is 2.03 bits per heavy atom. The van der Waals surface area contributed by atoms with Crippen LogP contribution >= 0.6 is 12.2 Å². The molecule has 0 bridgehead atoms. The van der Waals surface area contributed by atoms with Gasteiger partial charge in [0.05, 0.1) is 11.8 Å². The Hall–Kier alpha value is -2.93. The van der Waals surface area contributed by atoms with Crippen molar-refractivity contribution in [3.8, 4) is 17.1 Å². The third-order valence-electron chi connectivity index (χ3n) is 5.09. The lowest BCUT2D eigenvalue weighted by Gasteiger charge is -2.17. The largest absolute Gasteiger partial charge is 0.488 e. The monoisotopic (exact) mass is 408 g/mol. The first-order valence-corrected chi connectivity index (χ1v) is 10.3. The Morgan fingerprint density at radius 1 is 1.24 bits per heavy atom. The molecule has 1 saturated carbocycles. The van der Waals surface area contributed by atoms with Crippen molar-refractivity contribution < 1.29 is 9.53 Å². The summed E-state index contributed by atoms with van der Waals surface area (Å²) in [5, 5.41) is 10.1. The molecule has 0 atom stereocenters. The molecule has 0 saturated heterocycles. The molecule has 1 aromatic heterocycles. The van der Waals surface area contributed by atoms with Crippen molar-refractivity contribution in [1.29, 1.82) is 0 Å². The maximum Gasteiger partial charge on any atom is 0.244 e. The molecule has 7 heteroatoms. The number of rotatable bonds is 6. The molecule has 1 amide bonds. The Kier molecular flexibility index (Phi) is 5.76. The predicted octanol–water partition coefficient (Wildman–Crippen LogP) is 4.88. The number of carbonyl (C=O) groups excluding carboxylic acids is 1. The molecule has 29 heavy (non-hydrogen) atoms. The highest BCUT2D eigenvalue weighted by atomic mass is 32.1. The van der Waals surface area contributed by atoms with Crippen LogP contribution < -0.4 is 10.1 Å². The fourth-order valence-electron chi connectivity index (χ4n) is 3.66. The molecule has 0 unspecified atom stereocenters. The Labute approximate surface area is 174 Å². The van der Waals surface area contributed by atoms with Gasteiger partial charge in [0.15, 0.2) is 10.6 Å². The number of nitrogens with one attached hydrogen (secondary N) is 2. The van der Waals surface area contributed by atoms with Crippen LogP contribution in [0.1, 0.15) is 31.2 Å². The summed E-state index contributed by atoms with van der Waals surface area (Å²) >= 11 is 5.35. The summed E-state index contributed by atoms with van der Waals surface area (Å²) in [6, 6.07) is 15.5. The van der Waals surface area contributed by atoms with E-state index in [1.165, 1.54) is 12.8 Å². The average molecular weight is 409 g/mol. The number of H-pyrrole nitrogens is 1. The Morgan fingerprint density at radius 3 is 2.83 bits per heavy atom. The topological polar surface area (TPSA) is 71.9 Å². The quantitative estimate of drug-likeness (QED) is 0.571. The van der Waals surface area contributed by atoms with Gasteiger partial charge < -0.3 is 10.1 Å². The molecule has 150 valence electrons. The van der Waals surface area contributed by atoms with Crippen LogP contribution in [0, 0.1) is 11.7 Å². The van der Waals surface area contributed by atoms with Crippen molar-refractivity contribution in [1.82, 2.24) is 14.8 Å². The van der Waals surface area contributed by atoms with Gasteiger partial charge in [-0.1, -0.05) is 35.9 Å². The van der Waals surface area contributed by atoms with E-state index < -0.39 is 0 Å². The van der Waals surface area contributed by atoms with Gasteiger partial charge in [0, 0.05) is 5.56 Å². The predicted molar refractivity (Wildman–Crippen MR) is 116 cm³/mol. The molecule has 3 aromatic rings. The molecule has 0 aliphatic heterocycles. The van der Waals surface area contributed by atoms with E-state index in [1.807, 2.05) is 55.5 Å². The second kappa shape index (κ2) is 8.61. The highest BCUT2D eigenvalue weighted by molar-refractivity contribution is 7.71. The normalized spacial score (nSPS) is 14.1. The van der Waals surface area contributed by atoms with Crippen molar-refractivity contribution in [3.63, 3.8) is 0 Å². The van der Waals surface area contributed by atoms with E-state index in [0.717, 1.165) is 24.0 Å². The van der Waals surface area contributed by atoms with Crippen LogP contribution in [-0.2, 0) is 11.3 Å². The minimum atomic E-state index is -0.182. The van der Waals surface area contributed by atoms with E-state index in [1.54, 1.807) is 4.57 Å². The molecular formula is C22H24N4O2S. The lowest BCUT2D eigenvalue weighted by Crippen LogP contribution is -2.20. The van der Waals surface area contributed by atoms with E-state index >= 15 is 0 Å². The van der Waals surface area contributed by atoms with E-state index in [0.29, 0.717) is 22.0 Å². The number of para-hydroxylation sites is 2. The minimum Gasteiger partial charge on any atom is -0.488 e. The number of aromatic nitrogens is 3. The van der Waals surface area contributed by atoms with Crippen LogP contribution in [-0.4, -0.2) is 26.8 Å². The Bertz CT molecular complexity index is 1070. The van der Waals surface area contributed by atoms with Crippen molar-refractivity contribution in [2.75, 3.05) is 5.32 Å². The average Bonchev–Trinajstić information content (AvgIpc) is 3.34. The number of benzene rings is 2. The molecule has 1 fully saturated rings. The fourth-order valence-corrected chi connectivity index (χ4v) is 3.86. The van der Waals surface area contributed by atoms with Crippen LogP contribution in [0.4, 0.5) is 5.69 Å². The smallest absolute Gasteiger partial charge is 0.244 e. The van der Waals surface area contributed by atoms with Crippen molar-refractivity contribution in [2.24, 2.45) is 0 Å². The van der Waals surface area contributed by atoms with Gasteiger partial charge in [0.2, 0.25) is 5.91 Å². The number of aryl methyl sites for hydroxylation is 1.